The van der Waals surface area contributed by atoms with Crippen molar-refractivity contribution in [1.29, 1.82) is 0 Å². The van der Waals surface area contributed by atoms with Gasteiger partial charge in [0.1, 0.15) is 0 Å². The summed E-state index contributed by atoms with van der Waals surface area (Å²) in [6.45, 7) is 0. The lowest BCUT2D eigenvalue weighted by molar-refractivity contribution is 1.14. The molecule has 1 atom stereocenters. The molecular formula is C42H25N. The minimum absolute atomic E-state index is 0.224. The highest BCUT2D eigenvalue weighted by atomic mass is 14.7. The number of hydrogen-bond donors (Lipinski definition) is 0. The van der Waals surface area contributed by atoms with Crippen LogP contribution in [0, 0.1) is 10.4 Å². The van der Waals surface area contributed by atoms with Gasteiger partial charge in [0, 0.05) is 16.4 Å². The van der Waals surface area contributed by atoms with Gasteiger partial charge in [0.15, 0.2) is 0 Å². The van der Waals surface area contributed by atoms with Gasteiger partial charge in [-0.3, -0.25) is 0 Å². The Morgan fingerprint density at radius 2 is 1.02 bits per heavy atom. The standard InChI is InChI=1S/C42H25N/c1-2-10-25(11-3-1)26-18-19-31-33(20-26)36-21-34-29-14-6-4-12-27(29)28-13-5-7-15-30(28)35(34)22-37(36)38-23-40-32-16-8-9-17-41(32)43-42(40)24-39(31)38/h1-24,26H. The third-order valence-electron chi connectivity index (χ3n) is 9.61. The summed E-state index contributed by atoms with van der Waals surface area (Å²) in [4.78, 5) is 5.05. The molecule has 0 radical (unpaired) electrons. The van der Waals surface area contributed by atoms with E-state index in [2.05, 4.69) is 146 Å². The fraction of sp³-hybridized carbons (Fsp3) is 0.0238. The molecule has 0 N–H and O–H groups in total. The highest BCUT2D eigenvalue weighted by Crippen LogP contribution is 2.40. The lowest BCUT2D eigenvalue weighted by Gasteiger charge is -2.19. The van der Waals surface area contributed by atoms with Gasteiger partial charge in [-0.05, 0) is 101 Å². The molecule has 0 aromatic heterocycles. The molecule has 1 aliphatic carbocycles. The molecule has 8 aromatic rings. The highest BCUT2D eigenvalue weighted by molar-refractivity contribution is 6.29. The molecule has 43 heavy (non-hydrogen) atoms. The van der Waals surface area contributed by atoms with E-state index in [1.165, 1.54) is 80.6 Å². The van der Waals surface area contributed by atoms with E-state index >= 15 is 0 Å². The normalized spacial score (nSPS) is 15.0. The molecule has 0 saturated carbocycles. The summed E-state index contributed by atoms with van der Waals surface area (Å²) in [6.07, 6.45) is 7.18. The summed E-state index contributed by atoms with van der Waals surface area (Å²) in [5.74, 6) is 0.224. The predicted molar refractivity (Wildman–Crippen MR) is 181 cm³/mol. The number of para-hydroxylation sites is 1. The Morgan fingerprint density at radius 1 is 0.442 bits per heavy atom. The molecule has 0 amide bonds. The van der Waals surface area contributed by atoms with E-state index in [1.54, 1.807) is 0 Å². The van der Waals surface area contributed by atoms with Crippen LogP contribution in [-0.2, 0) is 0 Å². The Hall–Kier alpha value is -5.53. The van der Waals surface area contributed by atoms with Crippen LogP contribution in [0.25, 0.3) is 66.0 Å². The molecule has 0 bridgehead atoms. The van der Waals surface area contributed by atoms with Gasteiger partial charge in [0.25, 0.3) is 0 Å². The molecular weight excluding hydrogens is 518 g/mol. The van der Waals surface area contributed by atoms with Crippen molar-refractivity contribution < 1.29 is 0 Å². The van der Waals surface area contributed by atoms with Crippen LogP contribution in [0.3, 0.4) is 0 Å². The summed E-state index contributed by atoms with van der Waals surface area (Å²) in [5.41, 5.74) is 3.66. The molecule has 0 saturated heterocycles. The number of rotatable bonds is 1. The molecule has 1 heteroatoms. The number of nitrogens with zero attached hydrogens (tertiary/aromatic N) is 1. The summed E-state index contributed by atoms with van der Waals surface area (Å²) in [7, 11) is 0. The van der Waals surface area contributed by atoms with Gasteiger partial charge in [-0.2, -0.15) is 0 Å². The number of allylic oxidation sites excluding steroid dienone is 1. The second kappa shape index (κ2) is 8.50. The molecule has 198 valence electrons. The number of hydrogen-bond acceptors (Lipinski definition) is 1. The van der Waals surface area contributed by atoms with Crippen LogP contribution < -0.4 is 10.6 Å². The third-order valence-corrected chi connectivity index (χ3v) is 9.61. The maximum atomic E-state index is 5.05. The van der Waals surface area contributed by atoms with E-state index in [-0.39, 0.29) is 5.92 Å². The minimum Gasteiger partial charge on any atom is -0.248 e. The Balaban J connectivity index is 1.45. The van der Waals surface area contributed by atoms with Crippen molar-refractivity contribution in [2.75, 3.05) is 0 Å². The molecule has 1 nitrogen and oxygen atoms in total. The van der Waals surface area contributed by atoms with Crippen molar-refractivity contribution in [2.45, 2.75) is 5.92 Å². The van der Waals surface area contributed by atoms with Crippen LogP contribution in [-0.4, -0.2) is 0 Å². The minimum atomic E-state index is 0.224. The van der Waals surface area contributed by atoms with Gasteiger partial charge >= 0.3 is 0 Å². The van der Waals surface area contributed by atoms with Crippen molar-refractivity contribution >= 4 is 71.7 Å². The monoisotopic (exact) mass is 543 g/mol. The van der Waals surface area contributed by atoms with E-state index in [9.17, 15) is 0 Å². The quantitative estimate of drug-likeness (QED) is 0.144. The first-order chi connectivity index (χ1) is 21.3. The number of fused-ring (bicyclic) bond motifs is 14. The third kappa shape index (κ3) is 3.19. The lowest BCUT2D eigenvalue weighted by Crippen LogP contribution is -2.14. The largest absolute Gasteiger partial charge is 0.248 e. The van der Waals surface area contributed by atoms with Crippen LogP contribution in [0.4, 0.5) is 5.69 Å². The Labute approximate surface area is 247 Å². The highest BCUT2D eigenvalue weighted by Gasteiger charge is 2.19. The number of benzene rings is 8. The first kappa shape index (κ1) is 23.1. The van der Waals surface area contributed by atoms with Crippen molar-refractivity contribution in [2.24, 2.45) is 4.99 Å². The Bertz CT molecular complexity index is 2770. The van der Waals surface area contributed by atoms with Gasteiger partial charge < -0.3 is 0 Å². The van der Waals surface area contributed by atoms with Crippen molar-refractivity contribution in [3.8, 4) is 0 Å². The fourth-order valence-electron chi connectivity index (χ4n) is 7.63. The van der Waals surface area contributed by atoms with Gasteiger partial charge in [-0.25, -0.2) is 4.99 Å². The molecule has 0 fully saturated rings. The van der Waals surface area contributed by atoms with E-state index in [1.807, 2.05) is 0 Å². The lowest BCUT2D eigenvalue weighted by atomic mass is 9.84. The zero-order valence-electron chi connectivity index (χ0n) is 23.4. The first-order valence-corrected chi connectivity index (χ1v) is 15.0. The van der Waals surface area contributed by atoms with Crippen LogP contribution in [0.5, 0.6) is 0 Å². The average molecular weight is 544 g/mol. The summed E-state index contributed by atoms with van der Waals surface area (Å²) >= 11 is 0. The van der Waals surface area contributed by atoms with Gasteiger partial charge in [0.2, 0.25) is 0 Å². The zero-order valence-corrected chi connectivity index (χ0v) is 23.4. The maximum Gasteiger partial charge on any atom is 0.0722 e. The molecule has 8 aromatic carbocycles. The second-order valence-electron chi connectivity index (χ2n) is 11.9. The topological polar surface area (TPSA) is 12.4 Å². The zero-order chi connectivity index (χ0) is 28.1. The van der Waals surface area contributed by atoms with E-state index < -0.39 is 0 Å². The van der Waals surface area contributed by atoms with Crippen molar-refractivity contribution in [3.05, 3.63) is 166 Å². The fourth-order valence-corrected chi connectivity index (χ4v) is 7.63. The predicted octanol–water partition coefficient (Wildman–Crippen LogP) is 9.60. The molecule has 1 unspecified atom stereocenters. The summed E-state index contributed by atoms with van der Waals surface area (Å²) in [5, 5.41) is 17.8. The molecule has 1 heterocycles. The van der Waals surface area contributed by atoms with Gasteiger partial charge in [-0.1, -0.05) is 115 Å². The molecule has 1 aliphatic heterocycles. The second-order valence-corrected chi connectivity index (χ2v) is 11.9. The van der Waals surface area contributed by atoms with Gasteiger partial charge in [0.05, 0.1) is 11.0 Å². The molecule has 0 spiro atoms. The van der Waals surface area contributed by atoms with Crippen LogP contribution in [0.2, 0.25) is 0 Å². The summed E-state index contributed by atoms with van der Waals surface area (Å²) < 4.78 is 0. The Morgan fingerprint density at radius 3 is 1.77 bits per heavy atom. The van der Waals surface area contributed by atoms with Crippen molar-refractivity contribution in [3.63, 3.8) is 0 Å². The van der Waals surface area contributed by atoms with E-state index in [0.29, 0.717) is 0 Å². The Kier molecular flexibility index (Phi) is 4.56. The van der Waals surface area contributed by atoms with Crippen molar-refractivity contribution in [1.82, 2.24) is 0 Å². The van der Waals surface area contributed by atoms with Gasteiger partial charge in [-0.15, -0.1) is 0 Å². The summed E-state index contributed by atoms with van der Waals surface area (Å²) in [6, 6.07) is 46.8. The first-order valence-electron chi connectivity index (χ1n) is 15.0. The van der Waals surface area contributed by atoms with E-state index in [0.717, 1.165) is 11.0 Å². The molecule has 2 aliphatic rings. The SMILES string of the molecule is C1=CC(c2ccccc2)C=c2c1c1cc3c(cc1c1cc4c5ccccc5c5ccccc5c4cc21)=c1ccccc1=N3. The van der Waals surface area contributed by atoms with E-state index in [4.69, 9.17) is 4.99 Å². The maximum absolute atomic E-state index is 5.05. The van der Waals surface area contributed by atoms with Crippen LogP contribution in [0.1, 0.15) is 17.0 Å². The van der Waals surface area contributed by atoms with Crippen LogP contribution in [0.15, 0.2) is 138 Å². The average Bonchev–Trinajstić information content (AvgIpc) is 3.45. The molecule has 10 rings (SSSR count). The smallest absolute Gasteiger partial charge is 0.0722 e. The van der Waals surface area contributed by atoms with Crippen LogP contribution >= 0.6 is 0 Å².